The summed E-state index contributed by atoms with van der Waals surface area (Å²) in [6.07, 6.45) is 3.74. The highest BCUT2D eigenvalue weighted by Gasteiger charge is 2.10. The molecule has 0 radical (unpaired) electrons. The summed E-state index contributed by atoms with van der Waals surface area (Å²) in [5, 5.41) is 4.15. The van der Waals surface area contributed by atoms with Crippen LogP contribution in [-0.4, -0.2) is 21.6 Å². The van der Waals surface area contributed by atoms with E-state index in [0.29, 0.717) is 6.01 Å². The molecule has 25 heavy (non-hydrogen) atoms. The lowest BCUT2D eigenvalue weighted by atomic mass is 10.0. The molecule has 2 heterocycles. The van der Waals surface area contributed by atoms with Crippen LogP contribution < -0.4 is 10.1 Å². The number of para-hydroxylation sites is 1. The molecule has 4 rings (SSSR count). The van der Waals surface area contributed by atoms with E-state index in [1.807, 2.05) is 67.3 Å². The molecule has 0 aliphatic rings. The minimum absolute atomic E-state index is 0.339. The fourth-order valence-corrected chi connectivity index (χ4v) is 2.81. The molecule has 0 unspecified atom stereocenters. The normalized spacial score (nSPS) is 10.8. The number of benzene rings is 2. The molecule has 5 nitrogen and oxygen atoms in total. The van der Waals surface area contributed by atoms with E-state index in [4.69, 9.17) is 4.74 Å². The molecule has 2 aromatic carbocycles. The van der Waals surface area contributed by atoms with Gasteiger partial charge in [-0.05, 0) is 29.8 Å². The standard InChI is InChI=1S/C20H18N4O/c1-21-16-7-5-6-14(12-16)17-8-3-4-9-18(17)25-20-22-13-15-10-11-24(2)19(15)23-20/h3-13,21H,1-2H3. The Balaban J connectivity index is 1.73. The smallest absolute Gasteiger partial charge is 0.323 e. The molecule has 2 aromatic heterocycles. The van der Waals surface area contributed by atoms with Crippen LogP contribution in [0.1, 0.15) is 0 Å². The van der Waals surface area contributed by atoms with Crippen LogP contribution in [0.15, 0.2) is 67.0 Å². The molecule has 0 bridgehead atoms. The predicted molar refractivity (Wildman–Crippen MR) is 100 cm³/mol. The van der Waals surface area contributed by atoms with Gasteiger partial charge in [-0.25, -0.2) is 4.98 Å². The first-order valence-corrected chi connectivity index (χ1v) is 8.08. The molecule has 1 N–H and O–H groups in total. The van der Waals surface area contributed by atoms with Crippen LogP contribution in [0.2, 0.25) is 0 Å². The first kappa shape index (κ1) is 15.2. The lowest BCUT2D eigenvalue weighted by Gasteiger charge is -2.11. The lowest BCUT2D eigenvalue weighted by molar-refractivity contribution is 0.445. The van der Waals surface area contributed by atoms with Gasteiger partial charge < -0.3 is 14.6 Å². The lowest BCUT2D eigenvalue weighted by Crippen LogP contribution is -1.96. The van der Waals surface area contributed by atoms with Crippen LogP contribution in [0.3, 0.4) is 0 Å². The molecule has 0 aliphatic heterocycles. The molecule has 0 saturated heterocycles. The molecular weight excluding hydrogens is 312 g/mol. The molecule has 0 atom stereocenters. The van der Waals surface area contributed by atoms with Gasteiger partial charge in [0.15, 0.2) is 0 Å². The van der Waals surface area contributed by atoms with Crippen LogP contribution >= 0.6 is 0 Å². The van der Waals surface area contributed by atoms with Gasteiger partial charge in [0.2, 0.25) is 0 Å². The molecule has 5 heteroatoms. The Labute approximate surface area is 145 Å². The van der Waals surface area contributed by atoms with Gasteiger partial charge in [0.25, 0.3) is 0 Å². The van der Waals surface area contributed by atoms with Gasteiger partial charge in [0.1, 0.15) is 11.4 Å². The number of hydrogen-bond donors (Lipinski definition) is 1. The van der Waals surface area contributed by atoms with E-state index in [1.165, 1.54) is 0 Å². The highest BCUT2D eigenvalue weighted by atomic mass is 16.5. The summed E-state index contributed by atoms with van der Waals surface area (Å²) in [5.74, 6) is 0.726. The zero-order valence-electron chi connectivity index (χ0n) is 14.1. The van der Waals surface area contributed by atoms with Crippen LogP contribution in [0, 0.1) is 0 Å². The van der Waals surface area contributed by atoms with Gasteiger partial charge in [-0.3, -0.25) is 0 Å². The number of aryl methyl sites for hydroxylation is 1. The fourth-order valence-electron chi connectivity index (χ4n) is 2.81. The van der Waals surface area contributed by atoms with E-state index >= 15 is 0 Å². The van der Waals surface area contributed by atoms with Gasteiger partial charge in [0.05, 0.1) is 0 Å². The highest BCUT2D eigenvalue weighted by molar-refractivity contribution is 5.76. The molecule has 0 saturated carbocycles. The van der Waals surface area contributed by atoms with Gasteiger partial charge in [-0.15, -0.1) is 0 Å². The van der Waals surface area contributed by atoms with Crippen molar-refractivity contribution in [2.75, 3.05) is 12.4 Å². The SMILES string of the molecule is CNc1cccc(-c2ccccc2Oc2ncc3ccn(C)c3n2)c1. The third-order valence-electron chi connectivity index (χ3n) is 4.14. The summed E-state index contributed by atoms with van der Waals surface area (Å²) in [7, 11) is 3.86. The molecule has 0 aliphatic carbocycles. The first-order valence-electron chi connectivity index (χ1n) is 8.08. The molecular formula is C20H18N4O. The Hall–Kier alpha value is -3.34. The summed E-state index contributed by atoms with van der Waals surface area (Å²) in [6.45, 7) is 0. The number of fused-ring (bicyclic) bond motifs is 1. The minimum Gasteiger partial charge on any atom is -0.424 e. The third-order valence-corrected chi connectivity index (χ3v) is 4.14. The maximum Gasteiger partial charge on any atom is 0.323 e. The number of rotatable bonds is 4. The Kier molecular flexibility index (Phi) is 3.82. The van der Waals surface area contributed by atoms with Crippen molar-refractivity contribution < 1.29 is 4.74 Å². The topological polar surface area (TPSA) is 52.0 Å². The summed E-state index contributed by atoms with van der Waals surface area (Å²) in [4.78, 5) is 8.84. The fraction of sp³-hybridized carbons (Fsp3) is 0.100. The van der Waals surface area contributed by atoms with Crippen LogP contribution in [0.25, 0.3) is 22.2 Å². The Morgan fingerprint density at radius 1 is 1.04 bits per heavy atom. The number of ether oxygens (including phenoxy) is 1. The average Bonchev–Trinajstić information content (AvgIpc) is 3.03. The molecule has 4 aromatic rings. The van der Waals surface area contributed by atoms with Crippen molar-refractivity contribution in [3.8, 4) is 22.9 Å². The Bertz CT molecular complexity index is 1040. The summed E-state index contributed by atoms with van der Waals surface area (Å²) in [6, 6.07) is 18.4. The zero-order chi connectivity index (χ0) is 17.2. The molecule has 0 fully saturated rings. The summed E-state index contributed by atoms with van der Waals surface area (Å²) < 4.78 is 7.96. The quantitative estimate of drug-likeness (QED) is 0.600. The van der Waals surface area contributed by atoms with E-state index in [-0.39, 0.29) is 0 Å². The number of aromatic nitrogens is 3. The van der Waals surface area contributed by atoms with Crippen LogP contribution in [-0.2, 0) is 7.05 Å². The van der Waals surface area contributed by atoms with Crippen molar-refractivity contribution in [1.82, 2.24) is 14.5 Å². The highest BCUT2D eigenvalue weighted by Crippen LogP contribution is 2.33. The van der Waals surface area contributed by atoms with Crippen LogP contribution in [0.4, 0.5) is 5.69 Å². The zero-order valence-corrected chi connectivity index (χ0v) is 14.1. The second kappa shape index (κ2) is 6.28. The molecule has 124 valence electrons. The number of nitrogens with zero attached hydrogens (tertiary/aromatic N) is 3. The van der Waals surface area contributed by atoms with Crippen molar-refractivity contribution in [1.29, 1.82) is 0 Å². The van der Waals surface area contributed by atoms with Gasteiger partial charge in [-0.2, -0.15) is 4.98 Å². The summed E-state index contributed by atoms with van der Waals surface area (Å²) >= 11 is 0. The largest absolute Gasteiger partial charge is 0.424 e. The van der Waals surface area contributed by atoms with E-state index in [9.17, 15) is 0 Å². The number of nitrogens with one attached hydrogen (secondary N) is 1. The number of hydrogen-bond acceptors (Lipinski definition) is 4. The van der Waals surface area contributed by atoms with Gasteiger partial charge in [0, 0.05) is 43.1 Å². The van der Waals surface area contributed by atoms with Crippen molar-refractivity contribution in [3.05, 3.63) is 67.0 Å². The second-order valence-corrected chi connectivity index (χ2v) is 5.79. The average molecular weight is 330 g/mol. The van der Waals surface area contributed by atoms with Crippen molar-refractivity contribution >= 4 is 16.7 Å². The van der Waals surface area contributed by atoms with E-state index in [0.717, 1.165) is 33.6 Å². The van der Waals surface area contributed by atoms with Gasteiger partial charge >= 0.3 is 6.01 Å². The minimum atomic E-state index is 0.339. The first-order chi connectivity index (χ1) is 12.2. The third kappa shape index (κ3) is 2.92. The summed E-state index contributed by atoms with van der Waals surface area (Å²) in [5.41, 5.74) is 3.96. The van der Waals surface area contributed by atoms with Crippen molar-refractivity contribution in [2.24, 2.45) is 7.05 Å². The Morgan fingerprint density at radius 2 is 1.92 bits per heavy atom. The van der Waals surface area contributed by atoms with Crippen molar-refractivity contribution in [2.45, 2.75) is 0 Å². The molecule has 0 amide bonds. The maximum atomic E-state index is 6.01. The molecule has 0 spiro atoms. The maximum absolute atomic E-state index is 6.01. The predicted octanol–water partition coefficient (Wildman–Crippen LogP) is 4.47. The van der Waals surface area contributed by atoms with Gasteiger partial charge in [-0.1, -0.05) is 30.3 Å². The van der Waals surface area contributed by atoms with E-state index < -0.39 is 0 Å². The van der Waals surface area contributed by atoms with E-state index in [1.54, 1.807) is 6.20 Å². The number of anilines is 1. The second-order valence-electron chi connectivity index (χ2n) is 5.79. The monoisotopic (exact) mass is 330 g/mol. The Morgan fingerprint density at radius 3 is 2.80 bits per heavy atom. The van der Waals surface area contributed by atoms with Crippen LogP contribution in [0.5, 0.6) is 11.8 Å². The van der Waals surface area contributed by atoms with E-state index in [2.05, 4.69) is 27.4 Å². The van der Waals surface area contributed by atoms with Crippen molar-refractivity contribution in [3.63, 3.8) is 0 Å².